The first kappa shape index (κ1) is 27.3. The number of piperazine rings is 1. The highest BCUT2D eigenvalue weighted by atomic mass is 79.9. The Morgan fingerprint density at radius 2 is 1.76 bits per heavy atom. The summed E-state index contributed by atoms with van der Waals surface area (Å²) in [6.07, 6.45) is 2.38. The van der Waals surface area contributed by atoms with Gasteiger partial charge in [0.25, 0.3) is 0 Å². The van der Waals surface area contributed by atoms with Crippen LogP contribution in [0, 0.1) is 6.92 Å². The third-order valence-corrected chi connectivity index (χ3v) is 8.23. The molecule has 4 heterocycles. The van der Waals surface area contributed by atoms with Gasteiger partial charge in [0.1, 0.15) is 17.4 Å². The maximum Gasteiger partial charge on any atom is 0.229 e. The Balaban J connectivity index is 1.32. The lowest BCUT2D eigenvalue weighted by atomic mass is 10.1. The van der Waals surface area contributed by atoms with Gasteiger partial charge in [0.2, 0.25) is 12.3 Å². The molecule has 41 heavy (non-hydrogen) atoms. The third kappa shape index (κ3) is 5.52. The molecule has 2 aliphatic heterocycles. The molecule has 1 atom stereocenters. The van der Waals surface area contributed by atoms with Gasteiger partial charge in [0.15, 0.2) is 0 Å². The highest BCUT2D eigenvalue weighted by Gasteiger charge is 2.36. The topological polar surface area (TPSA) is 93.1 Å². The van der Waals surface area contributed by atoms with Crippen molar-refractivity contribution in [2.24, 2.45) is 0 Å². The lowest BCUT2D eigenvalue weighted by Gasteiger charge is -2.43. The number of fused-ring (bicyclic) bond motifs is 1. The zero-order valence-corrected chi connectivity index (χ0v) is 24.9. The first-order valence-electron chi connectivity index (χ1n) is 13.6. The predicted molar refractivity (Wildman–Crippen MR) is 165 cm³/mol. The number of pyridine rings is 1. The molecular formula is C30H33BrN8O2. The van der Waals surface area contributed by atoms with Gasteiger partial charge < -0.3 is 29.9 Å². The number of likely N-dealkylation sites (N-methyl/N-ethyl adjacent to an activating group) is 1. The number of nitrogens with one attached hydrogen (secondary N) is 1. The molecule has 0 saturated carbocycles. The number of methoxy groups -OCH3 is 1. The first-order chi connectivity index (χ1) is 19.9. The van der Waals surface area contributed by atoms with E-state index in [1.54, 1.807) is 18.2 Å². The molecule has 0 radical (unpaired) electrons. The van der Waals surface area contributed by atoms with Crippen molar-refractivity contribution in [2.75, 3.05) is 60.4 Å². The van der Waals surface area contributed by atoms with Gasteiger partial charge >= 0.3 is 0 Å². The fourth-order valence-electron chi connectivity index (χ4n) is 5.29. The number of ether oxygens (including phenoxy) is 1. The SMILES string of the molecule is COc1ccc(N2c3nc(Nc4ccc(N5CCN(C)CC5)cc4)ncc3CN(c3c(C)cccc3Br)C2O)nc1. The van der Waals surface area contributed by atoms with E-state index in [1.165, 1.54) is 5.69 Å². The van der Waals surface area contributed by atoms with E-state index in [0.717, 1.165) is 53.2 Å². The quantitative estimate of drug-likeness (QED) is 0.312. The number of aromatic nitrogens is 3. The molecule has 1 saturated heterocycles. The van der Waals surface area contributed by atoms with E-state index < -0.39 is 6.35 Å². The number of halogens is 1. The van der Waals surface area contributed by atoms with Crippen molar-refractivity contribution >= 4 is 50.6 Å². The standard InChI is InChI=1S/C30H33BrN8O2/c1-20-5-4-6-25(31)27(20)38-19-21-17-33-29(34-22-7-9-23(10-8-22)37-15-13-36(2)14-16-37)35-28(21)39(30(38)40)26-12-11-24(41-3)18-32-26/h4-12,17-18,30,40H,13-16,19H2,1-3H3,(H,33,34,35). The fourth-order valence-corrected chi connectivity index (χ4v) is 5.98. The van der Waals surface area contributed by atoms with E-state index in [0.29, 0.717) is 29.9 Å². The van der Waals surface area contributed by atoms with Crippen LogP contribution < -0.4 is 24.8 Å². The summed E-state index contributed by atoms with van der Waals surface area (Å²) in [7, 11) is 3.76. The van der Waals surface area contributed by atoms with Crippen molar-refractivity contribution in [1.82, 2.24) is 19.9 Å². The normalized spacial score (nSPS) is 17.4. The maximum absolute atomic E-state index is 11.8. The number of para-hydroxylation sites is 1. The molecule has 4 aromatic rings. The van der Waals surface area contributed by atoms with Crippen LogP contribution in [0.4, 0.5) is 34.6 Å². The molecule has 212 valence electrons. The predicted octanol–water partition coefficient (Wildman–Crippen LogP) is 4.88. The molecule has 10 nitrogen and oxygen atoms in total. The van der Waals surface area contributed by atoms with E-state index >= 15 is 0 Å². The Hall–Kier alpha value is -3.93. The Morgan fingerprint density at radius 3 is 2.44 bits per heavy atom. The molecule has 0 aliphatic carbocycles. The molecule has 2 aliphatic rings. The van der Waals surface area contributed by atoms with E-state index in [9.17, 15) is 5.11 Å². The molecule has 2 aromatic carbocycles. The number of nitrogens with zero attached hydrogens (tertiary/aromatic N) is 7. The van der Waals surface area contributed by atoms with Gasteiger partial charge in [0.05, 0.1) is 25.5 Å². The molecular weight excluding hydrogens is 584 g/mol. The van der Waals surface area contributed by atoms with Crippen molar-refractivity contribution in [2.45, 2.75) is 19.8 Å². The maximum atomic E-state index is 11.8. The van der Waals surface area contributed by atoms with E-state index in [4.69, 9.17) is 9.72 Å². The van der Waals surface area contributed by atoms with Gasteiger partial charge in [-0.25, -0.2) is 9.97 Å². The highest BCUT2D eigenvalue weighted by molar-refractivity contribution is 9.10. The summed E-state index contributed by atoms with van der Waals surface area (Å²) in [6, 6.07) is 18.0. The number of hydrogen-bond acceptors (Lipinski definition) is 10. The van der Waals surface area contributed by atoms with Crippen LogP contribution in [0.1, 0.15) is 11.1 Å². The molecule has 0 bridgehead atoms. The van der Waals surface area contributed by atoms with Gasteiger partial charge in [-0.1, -0.05) is 12.1 Å². The zero-order valence-electron chi connectivity index (χ0n) is 23.3. The fraction of sp³-hybridized carbons (Fsp3) is 0.300. The lowest BCUT2D eigenvalue weighted by Crippen LogP contribution is -2.51. The number of benzene rings is 2. The molecule has 1 fully saturated rings. The largest absolute Gasteiger partial charge is 0.495 e. The van der Waals surface area contributed by atoms with Crippen LogP contribution in [0.15, 0.2) is 71.5 Å². The Morgan fingerprint density at radius 1 is 0.976 bits per heavy atom. The smallest absolute Gasteiger partial charge is 0.229 e. The Bertz CT molecular complexity index is 1490. The number of anilines is 6. The average molecular weight is 618 g/mol. The van der Waals surface area contributed by atoms with E-state index in [2.05, 4.69) is 60.2 Å². The minimum Gasteiger partial charge on any atom is -0.495 e. The zero-order chi connectivity index (χ0) is 28.5. The minimum atomic E-state index is -1.06. The second-order valence-corrected chi connectivity index (χ2v) is 11.2. The number of aliphatic hydroxyl groups excluding tert-OH is 1. The van der Waals surface area contributed by atoms with Gasteiger partial charge in [-0.05, 0) is 77.9 Å². The van der Waals surface area contributed by atoms with Crippen LogP contribution in [0.5, 0.6) is 5.75 Å². The van der Waals surface area contributed by atoms with Gasteiger partial charge in [-0.2, -0.15) is 4.98 Å². The Kier molecular flexibility index (Phi) is 7.65. The summed E-state index contributed by atoms with van der Waals surface area (Å²) in [4.78, 5) is 22.5. The molecule has 11 heteroatoms. The molecule has 2 N–H and O–H groups in total. The van der Waals surface area contributed by atoms with Gasteiger partial charge in [0, 0.05) is 53.8 Å². The van der Waals surface area contributed by atoms with Crippen molar-refractivity contribution in [3.05, 3.63) is 82.6 Å². The van der Waals surface area contributed by atoms with E-state index in [-0.39, 0.29) is 0 Å². The molecule has 2 aromatic heterocycles. The summed E-state index contributed by atoms with van der Waals surface area (Å²) in [5.41, 5.74) is 4.88. The van der Waals surface area contributed by atoms with Crippen molar-refractivity contribution in [3.63, 3.8) is 0 Å². The molecule has 1 unspecified atom stereocenters. The highest BCUT2D eigenvalue weighted by Crippen LogP contribution is 2.40. The Labute approximate surface area is 248 Å². The lowest BCUT2D eigenvalue weighted by molar-refractivity contribution is 0.165. The number of aryl methyl sites for hydroxylation is 1. The average Bonchev–Trinajstić information content (AvgIpc) is 2.98. The third-order valence-electron chi connectivity index (χ3n) is 7.59. The summed E-state index contributed by atoms with van der Waals surface area (Å²) < 4.78 is 6.20. The molecule has 0 amide bonds. The minimum absolute atomic E-state index is 0.423. The van der Waals surface area contributed by atoms with Crippen LogP contribution in [-0.2, 0) is 6.54 Å². The summed E-state index contributed by atoms with van der Waals surface area (Å²) in [6.45, 7) is 6.61. The number of hydrogen-bond donors (Lipinski definition) is 2. The molecule has 6 rings (SSSR count). The van der Waals surface area contributed by atoms with Crippen LogP contribution >= 0.6 is 15.9 Å². The van der Waals surface area contributed by atoms with Gasteiger partial charge in [-0.3, -0.25) is 4.90 Å². The number of aliphatic hydroxyl groups is 1. The van der Waals surface area contributed by atoms with Crippen LogP contribution in [-0.4, -0.2) is 71.6 Å². The van der Waals surface area contributed by atoms with Crippen LogP contribution in [0.25, 0.3) is 0 Å². The van der Waals surface area contributed by atoms with E-state index in [1.807, 2.05) is 60.5 Å². The summed E-state index contributed by atoms with van der Waals surface area (Å²) >= 11 is 3.68. The number of rotatable bonds is 6. The van der Waals surface area contributed by atoms with Crippen LogP contribution in [0.3, 0.4) is 0 Å². The molecule has 0 spiro atoms. The van der Waals surface area contributed by atoms with Crippen molar-refractivity contribution in [1.29, 1.82) is 0 Å². The first-order valence-corrected chi connectivity index (χ1v) is 14.4. The monoisotopic (exact) mass is 616 g/mol. The summed E-state index contributed by atoms with van der Waals surface area (Å²) in [5.74, 6) is 2.19. The van der Waals surface area contributed by atoms with Crippen molar-refractivity contribution < 1.29 is 9.84 Å². The second-order valence-electron chi connectivity index (χ2n) is 10.3. The second kappa shape index (κ2) is 11.5. The van der Waals surface area contributed by atoms with Crippen molar-refractivity contribution in [3.8, 4) is 5.75 Å². The summed E-state index contributed by atoms with van der Waals surface area (Å²) in [5, 5.41) is 15.1. The van der Waals surface area contributed by atoms with Crippen LogP contribution in [0.2, 0.25) is 0 Å². The van der Waals surface area contributed by atoms with Gasteiger partial charge in [-0.15, -0.1) is 0 Å².